The zero-order chi connectivity index (χ0) is 13.9. The van der Waals surface area contributed by atoms with Gasteiger partial charge in [0.2, 0.25) is 0 Å². The van der Waals surface area contributed by atoms with E-state index in [0.29, 0.717) is 6.61 Å². The Labute approximate surface area is 117 Å². The summed E-state index contributed by atoms with van der Waals surface area (Å²) in [5.41, 5.74) is 5.63. The lowest BCUT2D eigenvalue weighted by Crippen LogP contribution is -2.35. The smallest absolute Gasteiger partial charge is 0.0499 e. The van der Waals surface area contributed by atoms with Crippen molar-refractivity contribution in [3.8, 4) is 0 Å². The number of rotatable bonds is 5. The van der Waals surface area contributed by atoms with Gasteiger partial charge in [-0.1, -0.05) is 30.5 Å². The Kier molecular flexibility index (Phi) is 4.64. The van der Waals surface area contributed by atoms with Gasteiger partial charge in [-0.05, 0) is 50.3 Å². The van der Waals surface area contributed by atoms with Crippen molar-refractivity contribution < 1.29 is 5.11 Å². The third kappa shape index (κ3) is 3.37. The van der Waals surface area contributed by atoms with Gasteiger partial charge in [-0.2, -0.15) is 0 Å². The third-order valence-electron chi connectivity index (χ3n) is 4.64. The SMILES string of the molecule is Cc1cc(C)c(CNCC2(CO)CCCC2)c(C)c1. The van der Waals surface area contributed by atoms with Gasteiger partial charge in [0, 0.05) is 25.1 Å². The molecule has 0 bridgehead atoms. The lowest BCUT2D eigenvalue weighted by Gasteiger charge is -2.27. The molecule has 1 aromatic rings. The number of aliphatic hydroxyl groups excluding tert-OH is 1. The van der Waals surface area contributed by atoms with E-state index >= 15 is 0 Å². The van der Waals surface area contributed by atoms with Crippen LogP contribution < -0.4 is 5.32 Å². The van der Waals surface area contributed by atoms with Gasteiger partial charge in [0.1, 0.15) is 0 Å². The first kappa shape index (κ1) is 14.5. The molecule has 0 atom stereocenters. The Balaban J connectivity index is 1.96. The Morgan fingerprint density at radius 1 is 1.11 bits per heavy atom. The topological polar surface area (TPSA) is 32.3 Å². The largest absolute Gasteiger partial charge is 0.396 e. The molecule has 1 aliphatic rings. The van der Waals surface area contributed by atoms with Crippen LogP contribution in [0.1, 0.15) is 47.9 Å². The lowest BCUT2D eigenvalue weighted by atomic mass is 9.87. The van der Waals surface area contributed by atoms with Gasteiger partial charge >= 0.3 is 0 Å². The number of hydrogen-bond acceptors (Lipinski definition) is 2. The number of aryl methyl sites for hydroxylation is 3. The zero-order valence-corrected chi connectivity index (χ0v) is 12.6. The molecule has 106 valence electrons. The van der Waals surface area contributed by atoms with E-state index in [0.717, 1.165) is 13.1 Å². The van der Waals surface area contributed by atoms with Gasteiger partial charge in [0.05, 0.1) is 0 Å². The second-order valence-corrected chi connectivity index (χ2v) is 6.35. The normalized spacial score (nSPS) is 17.9. The Morgan fingerprint density at radius 3 is 2.21 bits per heavy atom. The Bertz CT molecular complexity index is 410. The van der Waals surface area contributed by atoms with E-state index in [4.69, 9.17) is 0 Å². The fourth-order valence-corrected chi connectivity index (χ4v) is 3.46. The molecule has 2 rings (SSSR count). The third-order valence-corrected chi connectivity index (χ3v) is 4.64. The van der Waals surface area contributed by atoms with Crippen molar-refractivity contribution in [2.45, 2.75) is 53.0 Å². The minimum atomic E-state index is 0.145. The lowest BCUT2D eigenvalue weighted by molar-refractivity contribution is 0.128. The van der Waals surface area contributed by atoms with Crippen molar-refractivity contribution in [1.29, 1.82) is 0 Å². The maximum Gasteiger partial charge on any atom is 0.0499 e. The zero-order valence-electron chi connectivity index (χ0n) is 12.6. The molecular weight excluding hydrogens is 234 g/mol. The summed E-state index contributed by atoms with van der Waals surface area (Å²) in [6, 6.07) is 4.50. The predicted molar refractivity (Wildman–Crippen MR) is 80.3 cm³/mol. The van der Waals surface area contributed by atoms with Crippen molar-refractivity contribution in [1.82, 2.24) is 5.32 Å². The van der Waals surface area contributed by atoms with Crippen molar-refractivity contribution in [2.75, 3.05) is 13.2 Å². The van der Waals surface area contributed by atoms with E-state index in [-0.39, 0.29) is 5.41 Å². The molecule has 0 aromatic heterocycles. The van der Waals surface area contributed by atoms with Crippen LogP contribution in [0, 0.1) is 26.2 Å². The van der Waals surface area contributed by atoms with E-state index in [9.17, 15) is 5.11 Å². The average Bonchev–Trinajstić information content (AvgIpc) is 2.82. The molecule has 1 fully saturated rings. The predicted octanol–water partition coefficient (Wildman–Crippen LogP) is 3.25. The molecule has 0 unspecified atom stereocenters. The molecule has 0 aliphatic heterocycles. The highest BCUT2D eigenvalue weighted by Gasteiger charge is 2.32. The maximum absolute atomic E-state index is 9.62. The summed E-state index contributed by atoms with van der Waals surface area (Å²) in [4.78, 5) is 0. The number of nitrogens with one attached hydrogen (secondary N) is 1. The Hall–Kier alpha value is -0.860. The Morgan fingerprint density at radius 2 is 1.68 bits per heavy atom. The first-order valence-electron chi connectivity index (χ1n) is 7.45. The van der Waals surface area contributed by atoms with E-state index in [1.807, 2.05) is 0 Å². The molecule has 2 nitrogen and oxygen atoms in total. The number of hydrogen-bond donors (Lipinski definition) is 2. The summed E-state index contributed by atoms with van der Waals surface area (Å²) in [7, 11) is 0. The highest BCUT2D eigenvalue weighted by atomic mass is 16.3. The molecule has 1 aromatic carbocycles. The number of benzene rings is 1. The van der Waals surface area contributed by atoms with Crippen LogP contribution >= 0.6 is 0 Å². The van der Waals surface area contributed by atoms with E-state index in [2.05, 4.69) is 38.2 Å². The maximum atomic E-state index is 9.62. The quantitative estimate of drug-likeness (QED) is 0.852. The van der Waals surface area contributed by atoms with Gasteiger partial charge in [-0.3, -0.25) is 0 Å². The van der Waals surface area contributed by atoms with Crippen molar-refractivity contribution in [3.63, 3.8) is 0 Å². The van der Waals surface area contributed by atoms with Crippen LogP contribution in [0.25, 0.3) is 0 Å². The van der Waals surface area contributed by atoms with E-state index in [1.54, 1.807) is 0 Å². The standard InChI is InChI=1S/C17H27NO/c1-13-8-14(2)16(15(3)9-13)10-18-11-17(12-19)6-4-5-7-17/h8-9,18-19H,4-7,10-12H2,1-3H3. The molecule has 0 saturated heterocycles. The van der Waals surface area contributed by atoms with Crippen molar-refractivity contribution >= 4 is 0 Å². The summed E-state index contributed by atoms with van der Waals surface area (Å²) in [6.07, 6.45) is 4.88. The molecule has 2 heteroatoms. The van der Waals surface area contributed by atoms with Crippen LogP contribution in [0.15, 0.2) is 12.1 Å². The van der Waals surface area contributed by atoms with Crippen molar-refractivity contribution in [2.24, 2.45) is 5.41 Å². The molecule has 1 aliphatic carbocycles. The van der Waals surface area contributed by atoms with Crippen LogP contribution in [-0.4, -0.2) is 18.3 Å². The van der Waals surface area contributed by atoms with Crippen LogP contribution in [0.2, 0.25) is 0 Å². The van der Waals surface area contributed by atoms with Crippen LogP contribution in [0.5, 0.6) is 0 Å². The highest BCUT2D eigenvalue weighted by Crippen LogP contribution is 2.37. The second kappa shape index (κ2) is 6.06. The van der Waals surface area contributed by atoms with E-state index < -0.39 is 0 Å². The summed E-state index contributed by atoms with van der Waals surface area (Å²) >= 11 is 0. The number of aliphatic hydroxyl groups is 1. The highest BCUT2D eigenvalue weighted by molar-refractivity contribution is 5.37. The van der Waals surface area contributed by atoms with Gasteiger partial charge in [-0.25, -0.2) is 0 Å². The molecule has 1 saturated carbocycles. The van der Waals surface area contributed by atoms with Crippen LogP contribution in [0.3, 0.4) is 0 Å². The summed E-state index contributed by atoms with van der Waals surface area (Å²) in [5, 5.41) is 13.2. The molecule has 19 heavy (non-hydrogen) atoms. The molecule has 0 heterocycles. The second-order valence-electron chi connectivity index (χ2n) is 6.35. The summed E-state index contributed by atoms with van der Waals surface area (Å²) < 4.78 is 0. The first-order valence-corrected chi connectivity index (χ1v) is 7.45. The fraction of sp³-hybridized carbons (Fsp3) is 0.647. The van der Waals surface area contributed by atoms with Gasteiger partial charge < -0.3 is 10.4 Å². The molecular formula is C17H27NO. The van der Waals surface area contributed by atoms with E-state index in [1.165, 1.54) is 47.9 Å². The van der Waals surface area contributed by atoms with Gasteiger partial charge in [-0.15, -0.1) is 0 Å². The minimum absolute atomic E-state index is 0.145. The summed E-state index contributed by atoms with van der Waals surface area (Å²) in [5.74, 6) is 0. The average molecular weight is 261 g/mol. The monoisotopic (exact) mass is 261 g/mol. The minimum Gasteiger partial charge on any atom is -0.396 e. The molecule has 0 radical (unpaired) electrons. The first-order chi connectivity index (χ1) is 9.06. The van der Waals surface area contributed by atoms with Crippen molar-refractivity contribution in [3.05, 3.63) is 34.4 Å². The fourth-order valence-electron chi connectivity index (χ4n) is 3.46. The molecule has 0 amide bonds. The molecule has 2 N–H and O–H groups in total. The van der Waals surface area contributed by atoms with Gasteiger partial charge in [0.15, 0.2) is 0 Å². The van der Waals surface area contributed by atoms with Crippen LogP contribution in [-0.2, 0) is 6.54 Å². The van der Waals surface area contributed by atoms with Crippen LogP contribution in [0.4, 0.5) is 0 Å². The van der Waals surface area contributed by atoms with Gasteiger partial charge in [0.25, 0.3) is 0 Å². The summed E-state index contributed by atoms with van der Waals surface area (Å²) in [6.45, 7) is 8.71. The molecule has 0 spiro atoms.